The molecule has 0 fully saturated rings. The predicted molar refractivity (Wildman–Crippen MR) is 75.0 cm³/mol. The van der Waals surface area contributed by atoms with E-state index >= 15 is 0 Å². The van der Waals surface area contributed by atoms with Gasteiger partial charge in [0.15, 0.2) is 5.78 Å². The lowest BCUT2D eigenvalue weighted by Gasteiger charge is -2.37. The summed E-state index contributed by atoms with van der Waals surface area (Å²) in [4.78, 5) is 12.3. The number of halogens is 1. The van der Waals surface area contributed by atoms with E-state index in [0.29, 0.717) is 17.1 Å². The zero-order chi connectivity index (χ0) is 12.6. The Hall–Kier alpha value is -0.930. The molecule has 1 aromatic carbocycles. The molecule has 2 rings (SSSR count). The minimum atomic E-state index is -0.458. The fourth-order valence-electron chi connectivity index (χ4n) is 1.85. The third-order valence-electron chi connectivity index (χ3n) is 2.65. The molecule has 1 aliphatic rings. The smallest absolute Gasteiger partial charge is 0.182 e. The first-order chi connectivity index (χ1) is 7.95. The van der Waals surface area contributed by atoms with Gasteiger partial charge in [0.05, 0.1) is 10.4 Å². The van der Waals surface area contributed by atoms with E-state index in [0.717, 1.165) is 5.69 Å². The van der Waals surface area contributed by atoms with Gasteiger partial charge in [-0.05, 0) is 44.0 Å². The number of carbonyl (C=O) groups excluding carboxylic acids is 1. The van der Waals surface area contributed by atoms with Gasteiger partial charge in [-0.25, -0.2) is 0 Å². The van der Waals surface area contributed by atoms with Crippen molar-refractivity contribution in [1.29, 1.82) is 0 Å². The summed E-state index contributed by atoms with van der Waals surface area (Å²) in [5.41, 5.74) is 1.62. The number of fused-ring (bicyclic) bond motifs is 1. The summed E-state index contributed by atoms with van der Waals surface area (Å²) in [5.74, 6) is 0.125. The third kappa shape index (κ3) is 2.22. The van der Waals surface area contributed by atoms with Crippen molar-refractivity contribution in [1.82, 2.24) is 0 Å². The first kappa shape index (κ1) is 12.5. The number of hydrogen-bond donors (Lipinski definition) is 0. The lowest BCUT2D eigenvalue weighted by Crippen LogP contribution is -2.39. The maximum absolute atomic E-state index is 12.3. The van der Waals surface area contributed by atoms with Crippen LogP contribution in [-0.2, 0) is 0 Å². The number of rotatable bonds is 2. The van der Waals surface area contributed by atoms with Crippen LogP contribution >= 0.6 is 23.5 Å². The van der Waals surface area contributed by atoms with E-state index in [4.69, 9.17) is 11.6 Å². The van der Waals surface area contributed by atoms with E-state index in [1.807, 2.05) is 32.1 Å². The van der Waals surface area contributed by atoms with Crippen LogP contribution in [0.15, 0.2) is 30.9 Å². The first-order valence-electron chi connectivity index (χ1n) is 5.37. The van der Waals surface area contributed by atoms with Crippen molar-refractivity contribution < 1.29 is 4.79 Å². The lowest BCUT2D eigenvalue weighted by atomic mass is 9.98. The fourth-order valence-corrected chi connectivity index (χ4v) is 3.20. The van der Waals surface area contributed by atoms with Gasteiger partial charge in [-0.1, -0.05) is 17.7 Å². The number of hydrogen-bond acceptors (Lipinski definition) is 3. The van der Waals surface area contributed by atoms with Gasteiger partial charge in [-0.2, -0.15) is 0 Å². The minimum absolute atomic E-state index is 0.125. The fraction of sp³-hybridized carbons (Fsp3) is 0.308. The molecule has 17 heavy (non-hydrogen) atoms. The van der Waals surface area contributed by atoms with Crippen LogP contribution in [-0.4, -0.2) is 17.1 Å². The van der Waals surface area contributed by atoms with Crippen molar-refractivity contribution in [2.45, 2.75) is 18.6 Å². The SMILES string of the molecule is C=CCN1SC(C)(C)C(=O)c2cc(Cl)ccc21. The topological polar surface area (TPSA) is 20.3 Å². The third-order valence-corrected chi connectivity index (χ3v) is 4.10. The molecule has 0 saturated heterocycles. The highest BCUT2D eigenvalue weighted by atomic mass is 35.5. The molecule has 0 bridgehead atoms. The summed E-state index contributed by atoms with van der Waals surface area (Å²) >= 11 is 7.50. The van der Waals surface area contributed by atoms with E-state index in [2.05, 4.69) is 10.9 Å². The predicted octanol–water partition coefficient (Wildman–Crippen LogP) is 3.96. The Kier molecular flexibility index (Phi) is 3.23. The van der Waals surface area contributed by atoms with Crippen molar-refractivity contribution in [3.8, 4) is 0 Å². The van der Waals surface area contributed by atoms with Crippen molar-refractivity contribution >= 4 is 35.0 Å². The number of Topliss-reactive ketones (excluding diaryl/α,β-unsaturated/α-hetero) is 1. The van der Waals surface area contributed by atoms with Gasteiger partial charge < -0.3 is 4.31 Å². The van der Waals surface area contributed by atoms with E-state index in [1.165, 1.54) is 11.9 Å². The Morgan fingerprint density at radius 3 is 2.88 bits per heavy atom. The summed E-state index contributed by atoms with van der Waals surface area (Å²) < 4.78 is 1.63. The highest BCUT2D eigenvalue weighted by Gasteiger charge is 2.38. The molecule has 0 radical (unpaired) electrons. The van der Waals surface area contributed by atoms with Gasteiger partial charge in [0.1, 0.15) is 0 Å². The largest absolute Gasteiger partial charge is 0.311 e. The van der Waals surface area contributed by atoms with Gasteiger partial charge in [0.25, 0.3) is 0 Å². The zero-order valence-electron chi connectivity index (χ0n) is 9.87. The summed E-state index contributed by atoms with van der Waals surface area (Å²) in [6, 6.07) is 5.45. The average molecular weight is 268 g/mol. The highest BCUT2D eigenvalue weighted by Crippen LogP contribution is 2.43. The maximum atomic E-state index is 12.3. The highest BCUT2D eigenvalue weighted by molar-refractivity contribution is 8.02. The second-order valence-electron chi connectivity index (χ2n) is 4.44. The van der Waals surface area contributed by atoms with Crippen LogP contribution in [0.5, 0.6) is 0 Å². The molecule has 2 nitrogen and oxygen atoms in total. The van der Waals surface area contributed by atoms with E-state index in [1.54, 1.807) is 6.07 Å². The Morgan fingerprint density at radius 1 is 1.53 bits per heavy atom. The van der Waals surface area contributed by atoms with Crippen LogP contribution in [0, 0.1) is 0 Å². The molecular weight excluding hydrogens is 254 g/mol. The number of carbonyl (C=O) groups is 1. The van der Waals surface area contributed by atoms with Gasteiger partial charge in [0, 0.05) is 17.1 Å². The zero-order valence-corrected chi connectivity index (χ0v) is 11.4. The van der Waals surface area contributed by atoms with Crippen LogP contribution in [0.4, 0.5) is 5.69 Å². The molecule has 4 heteroatoms. The molecule has 0 aliphatic carbocycles. The van der Waals surface area contributed by atoms with Gasteiger partial charge in [0.2, 0.25) is 0 Å². The van der Waals surface area contributed by atoms with E-state index < -0.39 is 4.75 Å². The van der Waals surface area contributed by atoms with Crippen LogP contribution in [0.2, 0.25) is 5.02 Å². The van der Waals surface area contributed by atoms with Crippen molar-refractivity contribution in [3.05, 3.63) is 41.4 Å². The number of ketones is 1. The van der Waals surface area contributed by atoms with Crippen molar-refractivity contribution in [3.63, 3.8) is 0 Å². The van der Waals surface area contributed by atoms with E-state index in [9.17, 15) is 4.79 Å². The maximum Gasteiger partial charge on any atom is 0.182 e. The Bertz CT molecular complexity index is 484. The molecule has 0 unspecified atom stereocenters. The van der Waals surface area contributed by atoms with Gasteiger partial charge in [-0.15, -0.1) is 6.58 Å². The molecule has 0 atom stereocenters. The van der Waals surface area contributed by atoms with E-state index in [-0.39, 0.29) is 5.78 Å². The first-order valence-corrected chi connectivity index (χ1v) is 6.53. The number of anilines is 1. The quantitative estimate of drug-likeness (QED) is 0.598. The monoisotopic (exact) mass is 267 g/mol. The molecule has 0 aromatic heterocycles. The second kappa shape index (κ2) is 4.39. The Labute approximate surface area is 111 Å². The number of benzene rings is 1. The molecule has 0 amide bonds. The molecule has 90 valence electrons. The summed E-state index contributed by atoms with van der Waals surface area (Å²) in [6.45, 7) is 8.31. The van der Waals surface area contributed by atoms with Crippen LogP contribution in [0.3, 0.4) is 0 Å². The van der Waals surface area contributed by atoms with Crippen LogP contribution < -0.4 is 4.31 Å². The van der Waals surface area contributed by atoms with Gasteiger partial charge >= 0.3 is 0 Å². The molecule has 1 aliphatic heterocycles. The molecule has 0 N–H and O–H groups in total. The Balaban J connectivity index is 2.55. The molecule has 1 heterocycles. The van der Waals surface area contributed by atoms with Crippen molar-refractivity contribution in [2.24, 2.45) is 0 Å². The minimum Gasteiger partial charge on any atom is -0.311 e. The van der Waals surface area contributed by atoms with Crippen LogP contribution in [0.1, 0.15) is 24.2 Å². The number of nitrogens with zero attached hydrogens (tertiary/aromatic N) is 1. The Morgan fingerprint density at radius 2 is 2.24 bits per heavy atom. The van der Waals surface area contributed by atoms with Crippen molar-refractivity contribution in [2.75, 3.05) is 10.8 Å². The molecule has 0 saturated carbocycles. The average Bonchev–Trinajstić information content (AvgIpc) is 2.25. The molecule has 0 spiro atoms. The summed E-state index contributed by atoms with van der Waals surface area (Å²) in [7, 11) is 0. The van der Waals surface area contributed by atoms with Gasteiger partial charge in [-0.3, -0.25) is 4.79 Å². The summed E-state index contributed by atoms with van der Waals surface area (Å²) in [6.07, 6.45) is 1.83. The van der Waals surface area contributed by atoms with Crippen LogP contribution in [0.25, 0.3) is 0 Å². The molecule has 1 aromatic rings. The normalized spacial score (nSPS) is 17.8. The standard InChI is InChI=1S/C13H14ClNOS/c1-4-7-15-11-6-5-9(14)8-10(11)12(16)13(2,3)17-15/h4-6,8H,1,7H2,2-3H3. The lowest BCUT2D eigenvalue weighted by molar-refractivity contribution is 0.0957. The second-order valence-corrected chi connectivity index (χ2v) is 6.52. The molecular formula is C13H14ClNOS. The summed E-state index contributed by atoms with van der Waals surface area (Å²) in [5, 5.41) is 0.596.